The Morgan fingerprint density at radius 2 is 2.17 bits per heavy atom. The highest BCUT2D eigenvalue weighted by molar-refractivity contribution is 5.80. The third-order valence-corrected chi connectivity index (χ3v) is 4.31. The molecule has 0 aromatic heterocycles. The van der Waals surface area contributed by atoms with Gasteiger partial charge in [0.1, 0.15) is 0 Å². The summed E-state index contributed by atoms with van der Waals surface area (Å²) in [5.41, 5.74) is 0.0343. The van der Waals surface area contributed by atoms with Crippen LogP contribution in [0.15, 0.2) is 17.6 Å². The van der Waals surface area contributed by atoms with Crippen LogP contribution in [0.5, 0.6) is 0 Å². The van der Waals surface area contributed by atoms with Gasteiger partial charge < -0.3 is 15.4 Å². The standard InChI is InChI=1S/C14H27N3O/c1-7-9-16-12(15-8-2)17-11-10-14(5,18-6)13(11,3)4/h7,11H,1,8-10H2,2-6H3,(H2,15,16,17). The Labute approximate surface area is 111 Å². The third-order valence-electron chi connectivity index (χ3n) is 4.31. The quantitative estimate of drug-likeness (QED) is 0.447. The number of hydrogen-bond acceptors (Lipinski definition) is 2. The van der Waals surface area contributed by atoms with Gasteiger partial charge in [-0.15, -0.1) is 6.58 Å². The van der Waals surface area contributed by atoms with E-state index >= 15 is 0 Å². The van der Waals surface area contributed by atoms with E-state index in [-0.39, 0.29) is 11.0 Å². The van der Waals surface area contributed by atoms with E-state index in [4.69, 9.17) is 4.74 Å². The number of nitrogens with one attached hydrogen (secondary N) is 2. The lowest BCUT2D eigenvalue weighted by molar-refractivity contribution is -0.176. The molecule has 1 aliphatic carbocycles. The van der Waals surface area contributed by atoms with Crippen LogP contribution in [0.25, 0.3) is 0 Å². The van der Waals surface area contributed by atoms with Crippen molar-refractivity contribution in [2.45, 2.75) is 45.8 Å². The lowest BCUT2D eigenvalue weighted by atomic mass is 9.56. The highest BCUT2D eigenvalue weighted by Gasteiger charge is 2.57. The maximum atomic E-state index is 5.63. The summed E-state index contributed by atoms with van der Waals surface area (Å²) in [5.74, 6) is 0.855. The SMILES string of the molecule is C=CCN=C(NCC)NC1CC(C)(OC)C1(C)C. The van der Waals surface area contributed by atoms with E-state index in [1.54, 1.807) is 13.2 Å². The molecule has 0 aromatic carbocycles. The van der Waals surface area contributed by atoms with Gasteiger partial charge in [0.05, 0.1) is 12.1 Å². The molecule has 1 aliphatic rings. The van der Waals surface area contributed by atoms with Crippen molar-refractivity contribution in [3.05, 3.63) is 12.7 Å². The molecule has 0 amide bonds. The van der Waals surface area contributed by atoms with Crippen LogP contribution in [0.2, 0.25) is 0 Å². The van der Waals surface area contributed by atoms with Crippen molar-refractivity contribution in [3.63, 3.8) is 0 Å². The summed E-state index contributed by atoms with van der Waals surface area (Å²) in [6.45, 7) is 13.9. The van der Waals surface area contributed by atoms with Gasteiger partial charge in [0.2, 0.25) is 0 Å². The van der Waals surface area contributed by atoms with Crippen molar-refractivity contribution in [1.29, 1.82) is 0 Å². The minimum absolute atomic E-state index is 0.0551. The molecule has 4 heteroatoms. The molecule has 18 heavy (non-hydrogen) atoms. The second kappa shape index (κ2) is 5.74. The predicted octanol–water partition coefficient (Wildman–Crippen LogP) is 1.93. The first-order valence-corrected chi connectivity index (χ1v) is 6.62. The van der Waals surface area contributed by atoms with Gasteiger partial charge in [0.25, 0.3) is 0 Å². The van der Waals surface area contributed by atoms with Crippen molar-refractivity contribution in [1.82, 2.24) is 10.6 Å². The Morgan fingerprint density at radius 3 is 2.61 bits per heavy atom. The molecule has 1 saturated carbocycles. The fourth-order valence-electron chi connectivity index (χ4n) is 2.36. The summed E-state index contributed by atoms with van der Waals surface area (Å²) < 4.78 is 5.63. The van der Waals surface area contributed by atoms with E-state index in [0.717, 1.165) is 18.9 Å². The molecule has 0 radical (unpaired) electrons. The fourth-order valence-corrected chi connectivity index (χ4v) is 2.36. The molecule has 0 aromatic rings. The molecule has 0 aliphatic heterocycles. The van der Waals surface area contributed by atoms with Gasteiger partial charge in [-0.25, -0.2) is 4.99 Å². The average Bonchev–Trinajstić information content (AvgIpc) is 2.35. The molecule has 0 heterocycles. The summed E-state index contributed by atoms with van der Waals surface area (Å²) in [7, 11) is 1.79. The number of aliphatic imine (C=N–C) groups is 1. The first kappa shape index (κ1) is 15.0. The van der Waals surface area contributed by atoms with Gasteiger partial charge in [-0.2, -0.15) is 0 Å². The zero-order valence-corrected chi connectivity index (χ0v) is 12.3. The van der Waals surface area contributed by atoms with E-state index in [1.165, 1.54) is 0 Å². The van der Waals surface area contributed by atoms with Crippen molar-refractivity contribution in [3.8, 4) is 0 Å². The van der Waals surface area contributed by atoms with Crippen LogP contribution in [-0.2, 0) is 4.74 Å². The van der Waals surface area contributed by atoms with Crippen LogP contribution >= 0.6 is 0 Å². The van der Waals surface area contributed by atoms with Crippen LogP contribution < -0.4 is 10.6 Å². The molecule has 0 spiro atoms. The molecular weight excluding hydrogens is 226 g/mol. The van der Waals surface area contributed by atoms with Gasteiger partial charge in [-0.3, -0.25) is 0 Å². The van der Waals surface area contributed by atoms with Crippen molar-refractivity contribution < 1.29 is 4.74 Å². The molecular formula is C14H27N3O. The monoisotopic (exact) mass is 253 g/mol. The normalized spacial score (nSPS) is 30.5. The minimum atomic E-state index is -0.0551. The zero-order valence-electron chi connectivity index (χ0n) is 12.3. The van der Waals surface area contributed by atoms with E-state index in [1.807, 2.05) is 0 Å². The molecule has 2 N–H and O–H groups in total. The molecule has 104 valence electrons. The number of methoxy groups -OCH3 is 1. The first-order valence-electron chi connectivity index (χ1n) is 6.62. The second-order valence-corrected chi connectivity index (χ2v) is 5.57. The largest absolute Gasteiger partial charge is 0.378 e. The van der Waals surface area contributed by atoms with Crippen LogP contribution in [0.4, 0.5) is 0 Å². The Morgan fingerprint density at radius 1 is 1.50 bits per heavy atom. The van der Waals surface area contributed by atoms with Crippen LogP contribution in [0.3, 0.4) is 0 Å². The Balaban J connectivity index is 2.65. The molecule has 0 saturated heterocycles. The molecule has 2 atom stereocenters. The molecule has 1 rings (SSSR count). The fraction of sp³-hybridized carbons (Fsp3) is 0.786. The number of rotatable bonds is 5. The lowest BCUT2D eigenvalue weighted by Gasteiger charge is -2.59. The number of ether oxygens (including phenoxy) is 1. The second-order valence-electron chi connectivity index (χ2n) is 5.57. The average molecular weight is 253 g/mol. The molecule has 0 bridgehead atoms. The van der Waals surface area contributed by atoms with E-state index in [0.29, 0.717) is 12.6 Å². The lowest BCUT2D eigenvalue weighted by Crippen LogP contribution is -2.69. The van der Waals surface area contributed by atoms with Crippen molar-refractivity contribution in [2.75, 3.05) is 20.2 Å². The highest BCUT2D eigenvalue weighted by Crippen LogP contribution is 2.51. The summed E-state index contributed by atoms with van der Waals surface area (Å²) in [6, 6.07) is 0.380. The van der Waals surface area contributed by atoms with Gasteiger partial charge in [-0.05, 0) is 20.3 Å². The Hall–Kier alpha value is -1.03. The van der Waals surface area contributed by atoms with E-state index in [9.17, 15) is 0 Å². The summed E-state index contributed by atoms with van der Waals surface area (Å²) in [5, 5.41) is 6.73. The topological polar surface area (TPSA) is 45.7 Å². The summed E-state index contributed by atoms with van der Waals surface area (Å²) in [6.07, 6.45) is 2.79. The minimum Gasteiger partial charge on any atom is -0.378 e. The van der Waals surface area contributed by atoms with Crippen molar-refractivity contribution >= 4 is 5.96 Å². The van der Waals surface area contributed by atoms with Gasteiger partial charge in [0.15, 0.2) is 5.96 Å². The van der Waals surface area contributed by atoms with Gasteiger partial charge >= 0.3 is 0 Å². The molecule has 1 fully saturated rings. The highest BCUT2D eigenvalue weighted by atomic mass is 16.5. The van der Waals surface area contributed by atoms with Crippen molar-refractivity contribution in [2.24, 2.45) is 10.4 Å². The maximum absolute atomic E-state index is 5.63. The first-order chi connectivity index (χ1) is 8.41. The zero-order chi connectivity index (χ0) is 13.8. The van der Waals surface area contributed by atoms with Gasteiger partial charge in [-0.1, -0.05) is 19.9 Å². The number of guanidine groups is 1. The maximum Gasteiger partial charge on any atom is 0.191 e. The third kappa shape index (κ3) is 2.69. The number of hydrogen-bond donors (Lipinski definition) is 2. The predicted molar refractivity (Wildman–Crippen MR) is 76.9 cm³/mol. The van der Waals surface area contributed by atoms with Crippen LogP contribution in [0, 0.1) is 5.41 Å². The summed E-state index contributed by atoms with van der Waals surface area (Å²) in [4.78, 5) is 4.43. The Bertz CT molecular complexity index is 325. The summed E-state index contributed by atoms with van der Waals surface area (Å²) >= 11 is 0. The molecule has 4 nitrogen and oxygen atoms in total. The van der Waals surface area contributed by atoms with Crippen LogP contribution in [-0.4, -0.2) is 37.8 Å². The van der Waals surface area contributed by atoms with Gasteiger partial charge in [0, 0.05) is 25.1 Å². The number of nitrogens with zero attached hydrogens (tertiary/aromatic N) is 1. The smallest absolute Gasteiger partial charge is 0.191 e. The van der Waals surface area contributed by atoms with Crippen LogP contribution in [0.1, 0.15) is 34.1 Å². The van der Waals surface area contributed by atoms with E-state index < -0.39 is 0 Å². The molecule has 2 unspecified atom stereocenters. The Kier molecular flexibility index (Phi) is 4.79. The van der Waals surface area contributed by atoms with E-state index in [2.05, 4.69) is 49.9 Å².